The summed E-state index contributed by atoms with van der Waals surface area (Å²) in [5, 5.41) is 4.35. The van der Waals surface area contributed by atoms with E-state index in [1.165, 1.54) is 6.07 Å². The van der Waals surface area contributed by atoms with Gasteiger partial charge in [0, 0.05) is 17.8 Å². The molecular weight excluding hydrogens is 269 g/mol. The minimum absolute atomic E-state index is 0.165. The first-order chi connectivity index (χ1) is 10.1. The number of aromatic nitrogens is 2. The van der Waals surface area contributed by atoms with Crippen molar-refractivity contribution in [3.05, 3.63) is 47.5 Å². The van der Waals surface area contributed by atoms with Gasteiger partial charge in [-0.1, -0.05) is 11.8 Å². The maximum Gasteiger partial charge on any atom is 0.165 e. The van der Waals surface area contributed by atoms with Gasteiger partial charge < -0.3 is 10.5 Å². The Morgan fingerprint density at radius 2 is 2.19 bits per heavy atom. The third-order valence-corrected chi connectivity index (χ3v) is 2.83. The molecule has 1 heterocycles. The normalized spacial score (nSPS) is 10.3. The number of hydrogen-bond acceptors (Lipinski definition) is 3. The molecule has 0 radical (unpaired) electrons. The molecule has 0 bridgehead atoms. The van der Waals surface area contributed by atoms with Gasteiger partial charge in [0.05, 0.1) is 12.2 Å². The van der Waals surface area contributed by atoms with Crippen molar-refractivity contribution in [1.82, 2.24) is 9.78 Å². The van der Waals surface area contributed by atoms with E-state index in [9.17, 15) is 4.39 Å². The fourth-order valence-corrected chi connectivity index (χ4v) is 1.74. The summed E-state index contributed by atoms with van der Waals surface area (Å²) in [4.78, 5) is 0. The predicted octanol–water partition coefficient (Wildman–Crippen LogP) is 2.49. The van der Waals surface area contributed by atoms with E-state index in [0.29, 0.717) is 5.56 Å². The van der Waals surface area contributed by atoms with Crippen molar-refractivity contribution in [3.8, 4) is 17.6 Å². The summed E-state index contributed by atoms with van der Waals surface area (Å²) in [7, 11) is 0. The van der Waals surface area contributed by atoms with Crippen LogP contribution in [0, 0.1) is 17.7 Å². The third-order valence-electron chi connectivity index (χ3n) is 2.83. The average Bonchev–Trinajstić information content (AvgIpc) is 2.94. The Labute approximate surface area is 123 Å². The Morgan fingerprint density at radius 3 is 2.86 bits per heavy atom. The molecular formula is C16H18FN3O. The van der Waals surface area contributed by atoms with Gasteiger partial charge in [-0.25, -0.2) is 4.39 Å². The number of nitrogens with two attached hydrogens (primary N) is 1. The second-order valence-electron chi connectivity index (χ2n) is 4.82. The molecule has 0 aliphatic carbocycles. The molecule has 2 rings (SSSR count). The van der Waals surface area contributed by atoms with Crippen molar-refractivity contribution in [2.24, 2.45) is 5.73 Å². The molecule has 0 aliphatic rings. The fourth-order valence-electron chi connectivity index (χ4n) is 1.74. The SMILES string of the molecule is CC(C)n1ccc(COc2cc(C#CCN)ccc2F)n1. The van der Waals surface area contributed by atoms with Crippen LogP contribution in [0.1, 0.15) is 31.1 Å². The van der Waals surface area contributed by atoms with E-state index in [1.807, 2.05) is 30.8 Å². The summed E-state index contributed by atoms with van der Waals surface area (Å²) >= 11 is 0. The lowest BCUT2D eigenvalue weighted by atomic mass is 10.2. The minimum atomic E-state index is -0.420. The highest BCUT2D eigenvalue weighted by Gasteiger charge is 2.07. The zero-order valence-electron chi connectivity index (χ0n) is 12.1. The van der Waals surface area contributed by atoms with Crippen LogP contribution in [-0.4, -0.2) is 16.3 Å². The van der Waals surface area contributed by atoms with Gasteiger partial charge >= 0.3 is 0 Å². The molecule has 0 saturated carbocycles. The molecule has 0 amide bonds. The van der Waals surface area contributed by atoms with Crippen LogP contribution in [-0.2, 0) is 6.61 Å². The quantitative estimate of drug-likeness (QED) is 0.879. The molecule has 2 N–H and O–H groups in total. The van der Waals surface area contributed by atoms with Crippen LogP contribution in [0.5, 0.6) is 5.75 Å². The van der Waals surface area contributed by atoms with E-state index in [4.69, 9.17) is 10.5 Å². The van der Waals surface area contributed by atoms with Gasteiger partial charge in [0.15, 0.2) is 11.6 Å². The highest BCUT2D eigenvalue weighted by molar-refractivity contribution is 5.40. The second-order valence-corrected chi connectivity index (χ2v) is 4.82. The molecule has 5 heteroatoms. The van der Waals surface area contributed by atoms with Crippen LogP contribution in [0.15, 0.2) is 30.5 Å². The Bertz CT molecular complexity index is 668. The molecule has 21 heavy (non-hydrogen) atoms. The summed E-state index contributed by atoms with van der Waals surface area (Å²) in [6, 6.07) is 6.64. The summed E-state index contributed by atoms with van der Waals surface area (Å²) in [5.74, 6) is 5.32. The number of benzene rings is 1. The van der Waals surface area contributed by atoms with Gasteiger partial charge in [0.2, 0.25) is 0 Å². The zero-order chi connectivity index (χ0) is 15.2. The Hall–Kier alpha value is -2.32. The summed E-state index contributed by atoms with van der Waals surface area (Å²) in [6.45, 7) is 4.55. The van der Waals surface area contributed by atoms with E-state index in [1.54, 1.807) is 12.1 Å². The molecule has 0 saturated heterocycles. The lowest BCUT2D eigenvalue weighted by Crippen LogP contribution is -2.04. The van der Waals surface area contributed by atoms with E-state index in [0.717, 1.165) is 5.69 Å². The van der Waals surface area contributed by atoms with Crippen molar-refractivity contribution >= 4 is 0 Å². The minimum Gasteiger partial charge on any atom is -0.484 e. The van der Waals surface area contributed by atoms with Crippen molar-refractivity contribution in [1.29, 1.82) is 0 Å². The van der Waals surface area contributed by atoms with Crippen LogP contribution in [0.25, 0.3) is 0 Å². The molecule has 1 aromatic carbocycles. The van der Waals surface area contributed by atoms with Crippen LogP contribution in [0.2, 0.25) is 0 Å². The number of ether oxygens (including phenoxy) is 1. The molecule has 0 unspecified atom stereocenters. The van der Waals surface area contributed by atoms with Crippen molar-refractivity contribution in [2.45, 2.75) is 26.5 Å². The molecule has 0 aliphatic heterocycles. The van der Waals surface area contributed by atoms with Crippen LogP contribution in [0.3, 0.4) is 0 Å². The monoisotopic (exact) mass is 287 g/mol. The number of halogens is 1. The van der Waals surface area contributed by atoms with Crippen molar-refractivity contribution in [3.63, 3.8) is 0 Å². The first kappa shape index (κ1) is 15.1. The first-order valence-corrected chi connectivity index (χ1v) is 6.75. The topological polar surface area (TPSA) is 53.1 Å². The van der Waals surface area contributed by atoms with Gasteiger partial charge in [-0.05, 0) is 38.1 Å². The van der Waals surface area contributed by atoms with Gasteiger partial charge in [-0.3, -0.25) is 4.68 Å². The predicted molar refractivity (Wildman–Crippen MR) is 79.3 cm³/mol. The summed E-state index contributed by atoms with van der Waals surface area (Å²) in [5.41, 5.74) is 6.74. The second kappa shape index (κ2) is 6.91. The Morgan fingerprint density at radius 1 is 1.38 bits per heavy atom. The Kier molecular flexibility index (Phi) is 4.96. The van der Waals surface area contributed by atoms with Gasteiger partial charge in [-0.2, -0.15) is 5.10 Å². The highest BCUT2D eigenvalue weighted by atomic mass is 19.1. The maximum atomic E-state index is 13.7. The van der Waals surface area contributed by atoms with Gasteiger partial charge in [0.1, 0.15) is 6.61 Å². The Balaban J connectivity index is 2.08. The highest BCUT2D eigenvalue weighted by Crippen LogP contribution is 2.19. The number of rotatable bonds is 4. The molecule has 4 nitrogen and oxygen atoms in total. The largest absolute Gasteiger partial charge is 0.484 e. The smallest absolute Gasteiger partial charge is 0.165 e. The lowest BCUT2D eigenvalue weighted by Gasteiger charge is -2.07. The van der Waals surface area contributed by atoms with Crippen LogP contribution < -0.4 is 10.5 Å². The molecule has 0 atom stereocenters. The van der Waals surface area contributed by atoms with Crippen LogP contribution >= 0.6 is 0 Å². The number of nitrogens with zero attached hydrogens (tertiary/aromatic N) is 2. The lowest BCUT2D eigenvalue weighted by molar-refractivity contribution is 0.283. The van der Waals surface area contributed by atoms with Gasteiger partial charge in [-0.15, -0.1) is 0 Å². The van der Waals surface area contributed by atoms with Gasteiger partial charge in [0.25, 0.3) is 0 Å². The van der Waals surface area contributed by atoms with Crippen molar-refractivity contribution in [2.75, 3.05) is 6.54 Å². The molecule has 2 aromatic rings. The summed E-state index contributed by atoms with van der Waals surface area (Å²) in [6.07, 6.45) is 1.88. The van der Waals surface area contributed by atoms with E-state index in [-0.39, 0.29) is 24.9 Å². The molecule has 1 aromatic heterocycles. The molecule has 110 valence electrons. The average molecular weight is 287 g/mol. The van der Waals surface area contributed by atoms with Crippen LogP contribution in [0.4, 0.5) is 4.39 Å². The van der Waals surface area contributed by atoms with E-state index < -0.39 is 5.82 Å². The molecule has 0 fully saturated rings. The molecule has 0 spiro atoms. The first-order valence-electron chi connectivity index (χ1n) is 6.75. The van der Waals surface area contributed by atoms with E-state index >= 15 is 0 Å². The zero-order valence-corrected chi connectivity index (χ0v) is 12.1. The van der Waals surface area contributed by atoms with Crippen molar-refractivity contribution < 1.29 is 9.13 Å². The standard InChI is InChI=1S/C16H18FN3O/c1-12(2)20-9-7-14(19-20)11-21-16-10-13(4-3-8-18)5-6-15(16)17/h5-7,9-10,12H,8,11,18H2,1-2H3. The fraction of sp³-hybridized carbons (Fsp3) is 0.312. The third kappa shape index (κ3) is 4.07. The van der Waals surface area contributed by atoms with E-state index in [2.05, 4.69) is 16.9 Å². The maximum absolute atomic E-state index is 13.7. The summed E-state index contributed by atoms with van der Waals surface area (Å²) < 4.78 is 21.0. The number of hydrogen-bond donors (Lipinski definition) is 1.